The van der Waals surface area contributed by atoms with Crippen LogP contribution >= 0.6 is 0 Å². The van der Waals surface area contributed by atoms with Crippen molar-refractivity contribution >= 4 is 5.69 Å². The minimum absolute atomic E-state index is 0.159. The average Bonchev–Trinajstić information content (AvgIpc) is 3.16. The van der Waals surface area contributed by atoms with Crippen LogP contribution in [-0.2, 0) is 13.0 Å². The van der Waals surface area contributed by atoms with Gasteiger partial charge in [-0.2, -0.15) is 0 Å². The molecule has 1 aromatic heterocycles. The first-order valence-electron chi connectivity index (χ1n) is 10.4. The molecule has 0 amide bonds. The van der Waals surface area contributed by atoms with E-state index in [1.165, 1.54) is 6.07 Å². The smallest absolute Gasteiger partial charge is 0.146 e. The fourth-order valence-corrected chi connectivity index (χ4v) is 4.47. The lowest BCUT2D eigenvalue weighted by molar-refractivity contribution is -0.0187. The predicted octanol–water partition coefficient (Wildman–Crippen LogP) is 2.74. The predicted molar refractivity (Wildman–Crippen MR) is 108 cm³/mol. The van der Waals surface area contributed by atoms with Gasteiger partial charge in [0.1, 0.15) is 17.3 Å². The number of para-hydroxylation sites is 1. The minimum Gasteiger partial charge on any atom is -0.465 e. The lowest BCUT2D eigenvalue weighted by Crippen LogP contribution is -2.58. The number of anilines is 1. The quantitative estimate of drug-likeness (QED) is 0.855. The number of hydrogen-bond acceptors (Lipinski definition) is 5. The molecule has 2 atom stereocenters. The number of aliphatic hydroxyl groups is 1. The molecule has 2 aliphatic heterocycles. The van der Waals surface area contributed by atoms with Crippen molar-refractivity contribution in [2.45, 2.75) is 38.5 Å². The molecule has 0 radical (unpaired) electrons. The summed E-state index contributed by atoms with van der Waals surface area (Å²) in [5.74, 6) is 1.83. The van der Waals surface area contributed by atoms with Crippen LogP contribution < -0.4 is 4.90 Å². The Balaban J connectivity index is 1.29. The van der Waals surface area contributed by atoms with E-state index in [1.54, 1.807) is 6.07 Å². The van der Waals surface area contributed by atoms with E-state index in [2.05, 4.69) is 21.6 Å². The van der Waals surface area contributed by atoms with E-state index in [-0.39, 0.29) is 18.0 Å². The first-order chi connectivity index (χ1) is 13.6. The number of hydrogen-bond donors (Lipinski definition) is 1. The van der Waals surface area contributed by atoms with E-state index in [4.69, 9.17) is 4.42 Å². The standard InChI is InChI=1S/C22H30FN3O2/c1-2-17-7-8-18(28-17)15-24-10-9-21(22(27)16-24)26-13-11-25(12-14-26)20-6-4-3-5-19(20)23/h3-8,21-22,27H,2,9-16H2,1H3/t21-,22-/m1/s1. The van der Waals surface area contributed by atoms with E-state index in [1.807, 2.05) is 24.3 Å². The highest BCUT2D eigenvalue weighted by molar-refractivity contribution is 5.48. The van der Waals surface area contributed by atoms with Gasteiger partial charge in [-0.3, -0.25) is 9.80 Å². The van der Waals surface area contributed by atoms with Gasteiger partial charge < -0.3 is 14.4 Å². The molecule has 2 aromatic rings. The Morgan fingerprint density at radius 2 is 1.79 bits per heavy atom. The molecule has 3 heterocycles. The summed E-state index contributed by atoms with van der Waals surface area (Å²) in [7, 11) is 0. The van der Waals surface area contributed by atoms with Crippen LogP contribution in [0.4, 0.5) is 10.1 Å². The van der Waals surface area contributed by atoms with E-state index < -0.39 is 0 Å². The minimum atomic E-state index is -0.366. The van der Waals surface area contributed by atoms with E-state index in [0.29, 0.717) is 12.2 Å². The van der Waals surface area contributed by atoms with Crippen LogP contribution in [0.2, 0.25) is 0 Å². The fourth-order valence-electron chi connectivity index (χ4n) is 4.47. The molecule has 0 spiro atoms. The number of aliphatic hydroxyl groups excluding tert-OH is 1. The zero-order chi connectivity index (χ0) is 19.5. The molecule has 6 heteroatoms. The first kappa shape index (κ1) is 19.4. The van der Waals surface area contributed by atoms with Gasteiger partial charge >= 0.3 is 0 Å². The van der Waals surface area contributed by atoms with Crippen molar-refractivity contribution in [2.24, 2.45) is 0 Å². The molecule has 2 aliphatic rings. The highest BCUT2D eigenvalue weighted by Gasteiger charge is 2.34. The summed E-state index contributed by atoms with van der Waals surface area (Å²) in [6.45, 7) is 7.76. The van der Waals surface area contributed by atoms with Crippen molar-refractivity contribution in [1.82, 2.24) is 9.80 Å². The summed E-state index contributed by atoms with van der Waals surface area (Å²) < 4.78 is 19.8. The maximum Gasteiger partial charge on any atom is 0.146 e. The van der Waals surface area contributed by atoms with Crippen molar-refractivity contribution in [3.8, 4) is 0 Å². The molecular formula is C22H30FN3O2. The van der Waals surface area contributed by atoms with Crippen molar-refractivity contribution in [1.29, 1.82) is 0 Å². The molecule has 28 heavy (non-hydrogen) atoms. The van der Waals surface area contributed by atoms with Gasteiger partial charge in [0.05, 0.1) is 18.3 Å². The van der Waals surface area contributed by atoms with Gasteiger partial charge in [0, 0.05) is 51.7 Å². The largest absolute Gasteiger partial charge is 0.465 e. The van der Waals surface area contributed by atoms with Crippen LogP contribution in [0, 0.1) is 5.82 Å². The number of piperazine rings is 1. The van der Waals surface area contributed by atoms with Crippen LogP contribution in [0.25, 0.3) is 0 Å². The second-order valence-electron chi connectivity index (χ2n) is 7.85. The summed E-state index contributed by atoms with van der Waals surface area (Å²) in [6.07, 6.45) is 1.49. The SMILES string of the molecule is CCc1ccc(CN2CC[C@@H](N3CCN(c4ccccc4F)CC3)[C@H](O)C2)o1. The Morgan fingerprint density at radius 3 is 2.46 bits per heavy atom. The Bertz CT molecular complexity index is 773. The molecule has 2 fully saturated rings. The molecule has 152 valence electrons. The third-order valence-corrected chi connectivity index (χ3v) is 6.05. The summed E-state index contributed by atoms with van der Waals surface area (Å²) >= 11 is 0. The second kappa shape index (κ2) is 8.64. The average molecular weight is 387 g/mol. The topological polar surface area (TPSA) is 43.1 Å². The molecular weight excluding hydrogens is 357 g/mol. The van der Waals surface area contributed by atoms with Crippen molar-refractivity contribution in [3.63, 3.8) is 0 Å². The number of β-amino-alcohol motifs (C(OH)–C–C–N with tert-alkyl or cyclic N) is 1. The summed E-state index contributed by atoms with van der Waals surface area (Å²) in [5, 5.41) is 10.8. The number of furan rings is 1. The van der Waals surface area contributed by atoms with Crippen LogP contribution in [0.3, 0.4) is 0 Å². The fraction of sp³-hybridized carbons (Fsp3) is 0.545. The zero-order valence-corrected chi connectivity index (χ0v) is 16.6. The molecule has 0 unspecified atom stereocenters. The molecule has 5 nitrogen and oxygen atoms in total. The Labute approximate surface area is 166 Å². The van der Waals surface area contributed by atoms with Crippen LogP contribution in [0.15, 0.2) is 40.8 Å². The van der Waals surface area contributed by atoms with Gasteiger partial charge in [-0.1, -0.05) is 19.1 Å². The molecule has 0 aliphatic carbocycles. The van der Waals surface area contributed by atoms with Crippen LogP contribution in [0.5, 0.6) is 0 Å². The molecule has 0 bridgehead atoms. The number of aryl methyl sites for hydroxylation is 1. The summed E-state index contributed by atoms with van der Waals surface area (Å²) in [5.41, 5.74) is 0.683. The molecule has 0 saturated carbocycles. The molecule has 1 aromatic carbocycles. The van der Waals surface area contributed by atoms with Gasteiger partial charge in [0.15, 0.2) is 0 Å². The highest BCUT2D eigenvalue weighted by Crippen LogP contribution is 2.24. The number of benzene rings is 1. The van der Waals surface area contributed by atoms with Crippen molar-refractivity contribution < 1.29 is 13.9 Å². The Hall–Kier alpha value is -1.89. The van der Waals surface area contributed by atoms with Crippen LogP contribution in [-0.4, -0.2) is 66.3 Å². The third kappa shape index (κ3) is 4.24. The maximum atomic E-state index is 14.0. The highest BCUT2D eigenvalue weighted by atomic mass is 19.1. The number of likely N-dealkylation sites (tertiary alicyclic amines) is 1. The van der Waals surface area contributed by atoms with Gasteiger partial charge in [-0.05, 0) is 30.7 Å². The first-order valence-corrected chi connectivity index (χ1v) is 10.4. The normalized spacial score (nSPS) is 24.6. The molecule has 1 N–H and O–H groups in total. The Morgan fingerprint density at radius 1 is 1.04 bits per heavy atom. The van der Waals surface area contributed by atoms with Crippen molar-refractivity contribution in [3.05, 3.63) is 53.7 Å². The van der Waals surface area contributed by atoms with Gasteiger partial charge in [0.2, 0.25) is 0 Å². The van der Waals surface area contributed by atoms with Crippen LogP contribution in [0.1, 0.15) is 24.9 Å². The van der Waals surface area contributed by atoms with Gasteiger partial charge in [-0.25, -0.2) is 4.39 Å². The Kier molecular flexibility index (Phi) is 5.99. The zero-order valence-electron chi connectivity index (χ0n) is 16.6. The monoisotopic (exact) mass is 387 g/mol. The maximum absolute atomic E-state index is 14.0. The number of piperidine rings is 1. The van der Waals surface area contributed by atoms with Crippen molar-refractivity contribution in [2.75, 3.05) is 44.2 Å². The second-order valence-corrected chi connectivity index (χ2v) is 7.85. The number of nitrogens with zero attached hydrogens (tertiary/aromatic N) is 3. The van der Waals surface area contributed by atoms with E-state index >= 15 is 0 Å². The van der Waals surface area contributed by atoms with Gasteiger partial charge in [0.25, 0.3) is 0 Å². The number of rotatable bonds is 5. The third-order valence-electron chi connectivity index (χ3n) is 6.05. The van der Waals surface area contributed by atoms with Gasteiger partial charge in [-0.15, -0.1) is 0 Å². The van der Waals surface area contributed by atoms with E-state index in [0.717, 1.165) is 63.6 Å². The summed E-state index contributed by atoms with van der Waals surface area (Å²) in [4.78, 5) is 6.76. The molecule has 2 saturated heterocycles. The number of halogens is 1. The van der Waals surface area contributed by atoms with E-state index in [9.17, 15) is 9.50 Å². The lowest BCUT2D eigenvalue weighted by Gasteiger charge is -2.45. The lowest BCUT2D eigenvalue weighted by atomic mass is 9.99. The summed E-state index contributed by atoms with van der Waals surface area (Å²) in [6, 6.07) is 11.2. The molecule has 4 rings (SSSR count).